The highest BCUT2D eigenvalue weighted by Crippen LogP contribution is 2.21. The maximum Gasteiger partial charge on any atom is 0.123 e. The van der Waals surface area contributed by atoms with Gasteiger partial charge < -0.3 is 10.8 Å². The van der Waals surface area contributed by atoms with E-state index in [2.05, 4.69) is 0 Å². The van der Waals surface area contributed by atoms with E-state index >= 15 is 0 Å². The first-order valence-corrected chi connectivity index (χ1v) is 6.01. The second-order valence-electron chi connectivity index (χ2n) is 3.65. The van der Waals surface area contributed by atoms with Crippen molar-refractivity contribution < 1.29 is 9.50 Å². The quantitative estimate of drug-likeness (QED) is 0.761. The summed E-state index contributed by atoms with van der Waals surface area (Å²) in [6.45, 7) is 2.16. The fourth-order valence-electron chi connectivity index (χ4n) is 1.12. The second-order valence-corrected chi connectivity index (χ2v) is 4.68. The summed E-state index contributed by atoms with van der Waals surface area (Å²) in [6, 6.07) is 4.41. The molecule has 4 heteroatoms. The predicted molar refractivity (Wildman–Crippen MR) is 63.2 cm³/mol. The molecular formula is C11H16FNOS. The van der Waals surface area contributed by atoms with Crippen LogP contribution in [0.4, 0.5) is 10.1 Å². The Kier molecular flexibility index (Phi) is 4.91. The molecule has 0 saturated heterocycles. The Bertz CT molecular complexity index is 319. The van der Waals surface area contributed by atoms with Crippen LogP contribution >= 0.6 is 11.8 Å². The van der Waals surface area contributed by atoms with E-state index in [0.29, 0.717) is 11.4 Å². The van der Waals surface area contributed by atoms with E-state index in [-0.39, 0.29) is 18.3 Å². The van der Waals surface area contributed by atoms with Crippen molar-refractivity contribution in [3.63, 3.8) is 0 Å². The number of nitrogen functional groups attached to an aromatic ring is 1. The molecule has 1 rings (SSSR count). The standard InChI is InChI=1S/C11H16FNOS/c1-8(5-14)6-15-7-9-4-10(12)2-3-11(9)13/h2-4,8,14H,5-7,13H2,1H3. The average molecular weight is 229 g/mol. The van der Waals surface area contributed by atoms with Crippen LogP contribution in [0.1, 0.15) is 12.5 Å². The van der Waals surface area contributed by atoms with E-state index < -0.39 is 0 Å². The van der Waals surface area contributed by atoms with Gasteiger partial charge in [0, 0.05) is 18.0 Å². The zero-order chi connectivity index (χ0) is 11.3. The maximum atomic E-state index is 12.9. The summed E-state index contributed by atoms with van der Waals surface area (Å²) >= 11 is 1.66. The van der Waals surface area contributed by atoms with Gasteiger partial charge in [0.25, 0.3) is 0 Å². The van der Waals surface area contributed by atoms with Crippen molar-refractivity contribution in [1.82, 2.24) is 0 Å². The van der Waals surface area contributed by atoms with Crippen molar-refractivity contribution in [1.29, 1.82) is 0 Å². The van der Waals surface area contributed by atoms with Gasteiger partial charge in [-0.05, 0) is 35.4 Å². The minimum Gasteiger partial charge on any atom is -0.398 e. The number of nitrogens with two attached hydrogens (primary N) is 1. The molecule has 1 unspecified atom stereocenters. The van der Waals surface area contributed by atoms with Gasteiger partial charge in [-0.3, -0.25) is 0 Å². The molecule has 0 saturated carbocycles. The molecule has 0 aliphatic heterocycles. The Morgan fingerprint density at radius 3 is 2.93 bits per heavy atom. The van der Waals surface area contributed by atoms with Crippen LogP contribution in [0.5, 0.6) is 0 Å². The molecule has 0 radical (unpaired) electrons. The number of hydrogen-bond donors (Lipinski definition) is 2. The van der Waals surface area contributed by atoms with Crippen LogP contribution in [0.25, 0.3) is 0 Å². The molecule has 0 aliphatic carbocycles. The van der Waals surface area contributed by atoms with Gasteiger partial charge >= 0.3 is 0 Å². The summed E-state index contributed by atoms with van der Waals surface area (Å²) in [5.74, 6) is 1.56. The van der Waals surface area contributed by atoms with Gasteiger partial charge in [0.15, 0.2) is 0 Å². The van der Waals surface area contributed by atoms with Gasteiger partial charge in [-0.1, -0.05) is 6.92 Å². The largest absolute Gasteiger partial charge is 0.398 e. The lowest BCUT2D eigenvalue weighted by atomic mass is 10.2. The Balaban J connectivity index is 2.46. The molecule has 0 bridgehead atoms. The molecule has 0 amide bonds. The lowest BCUT2D eigenvalue weighted by Crippen LogP contribution is -2.04. The minimum absolute atomic E-state index is 0.186. The van der Waals surface area contributed by atoms with Crippen molar-refractivity contribution in [2.45, 2.75) is 12.7 Å². The van der Waals surface area contributed by atoms with Crippen LogP contribution in [0.15, 0.2) is 18.2 Å². The molecule has 1 atom stereocenters. The third kappa shape index (κ3) is 4.10. The van der Waals surface area contributed by atoms with Gasteiger partial charge in [0.05, 0.1) is 0 Å². The average Bonchev–Trinajstić information content (AvgIpc) is 2.23. The number of thioether (sulfide) groups is 1. The normalized spacial score (nSPS) is 12.7. The summed E-state index contributed by atoms with van der Waals surface area (Å²) < 4.78 is 12.9. The Hall–Kier alpha value is -0.740. The first-order chi connectivity index (χ1) is 7.13. The third-order valence-electron chi connectivity index (χ3n) is 2.08. The number of aliphatic hydroxyl groups excluding tert-OH is 1. The van der Waals surface area contributed by atoms with E-state index in [0.717, 1.165) is 11.3 Å². The Morgan fingerprint density at radius 2 is 2.27 bits per heavy atom. The summed E-state index contributed by atoms with van der Waals surface area (Å²) in [5.41, 5.74) is 7.16. The molecule has 1 aromatic rings. The Labute approximate surface area is 93.7 Å². The first kappa shape index (κ1) is 12.3. The van der Waals surface area contributed by atoms with Crippen LogP contribution in [-0.4, -0.2) is 17.5 Å². The van der Waals surface area contributed by atoms with Crippen LogP contribution < -0.4 is 5.73 Å². The van der Waals surface area contributed by atoms with Gasteiger partial charge in [-0.25, -0.2) is 4.39 Å². The van der Waals surface area contributed by atoms with Gasteiger partial charge in [0.1, 0.15) is 5.82 Å². The maximum absolute atomic E-state index is 12.9. The van der Waals surface area contributed by atoms with Crippen LogP contribution in [-0.2, 0) is 5.75 Å². The molecule has 0 aliphatic rings. The fourth-order valence-corrected chi connectivity index (χ4v) is 2.22. The molecule has 84 valence electrons. The van der Waals surface area contributed by atoms with E-state index in [1.165, 1.54) is 12.1 Å². The summed E-state index contributed by atoms with van der Waals surface area (Å²) in [4.78, 5) is 0. The summed E-state index contributed by atoms with van der Waals surface area (Å²) in [6.07, 6.45) is 0. The van der Waals surface area contributed by atoms with E-state index in [9.17, 15) is 4.39 Å². The highest BCUT2D eigenvalue weighted by molar-refractivity contribution is 7.98. The van der Waals surface area contributed by atoms with Crippen molar-refractivity contribution >= 4 is 17.4 Å². The molecule has 1 aromatic carbocycles. The number of halogens is 1. The molecular weight excluding hydrogens is 213 g/mol. The van der Waals surface area contributed by atoms with Crippen molar-refractivity contribution in [2.75, 3.05) is 18.1 Å². The zero-order valence-electron chi connectivity index (χ0n) is 8.74. The topological polar surface area (TPSA) is 46.2 Å². The molecule has 3 N–H and O–H groups in total. The lowest BCUT2D eigenvalue weighted by Gasteiger charge is -2.08. The van der Waals surface area contributed by atoms with Crippen LogP contribution in [0.2, 0.25) is 0 Å². The minimum atomic E-state index is -0.255. The zero-order valence-corrected chi connectivity index (χ0v) is 9.56. The highest BCUT2D eigenvalue weighted by Gasteiger charge is 2.04. The number of hydrogen-bond acceptors (Lipinski definition) is 3. The molecule has 15 heavy (non-hydrogen) atoms. The van der Waals surface area contributed by atoms with E-state index in [1.807, 2.05) is 6.92 Å². The summed E-state index contributed by atoms with van der Waals surface area (Å²) in [5, 5.41) is 8.83. The monoisotopic (exact) mass is 229 g/mol. The van der Waals surface area contributed by atoms with Gasteiger partial charge in [-0.2, -0.15) is 11.8 Å². The Morgan fingerprint density at radius 1 is 1.53 bits per heavy atom. The fraction of sp³-hybridized carbons (Fsp3) is 0.455. The molecule has 0 spiro atoms. The lowest BCUT2D eigenvalue weighted by molar-refractivity contribution is 0.250. The number of aliphatic hydroxyl groups is 1. The molecule has 0 heterocycles. The second kappa shape index (κ2) is 5.98. The number of anilines is 1. The van der Waals surface area contributed by atoms with Crippen molar-refractivity contribution in [2.24, 2.45) is 5.92 Å². The van der Waals surface area contributed by atoms with Crippen LogP contribution in [0, 0.1) is 11.7 Å². The molecule has 0 fully saturated rings. The van der Waals surface area contributed by atoms with Crippen molar-refractivity contribution in [3.8, 4) is 0 Å². The molecule has 0 aromatic heterocycles. The number of benzene rings is 1. The predicted octanol–water partition coefficient (Wildman–Crippen LogP) is 2.27. The third-order valence-corrected chi connectivity index (χ3v) is 3.40. The SMILES string of the molecule is CC(CO)CSCc1cc(F)ccc1N. The first-order valence-electron chi connectivity index (χ1n) is 4.86. The van der Waals surface area contributed by atoms with Gasteiger partial charge in [0.2, 0.25) is 0 Å². The van der Waals surface area contributed by atoms with Crippen molar-refractivity contribution in [3.05, 3.63) is 29.6 Å². The van der Waals surface area contributed by atoms with E-state index in [4.69, 9.17) is 10.8 Å². The smallest absolute Gasteiger partial charge is 0.123 e. The highest BCUT2D eigenvalue weighted by atomic mass is 32.2. The van der Waals surface area contributed by atoms with Crippen LogP contribution in [0.3, 0.4) is 0 Å². The van der Waals surface area contributed by atoms with Gasteiger partial charge in [-0.15, -0.1) is 0 Å². The number of rotatable bonds is 5. The summed E-state index contributed by atoms with van der Waals surface area (Å²) in [7, 11) is 0. The van der Waals surface area contributed by atoms with E-state index in [1.54, 1.807) is 17.8 Å². The molecule has 2 nitrogen and oxygen atoms in total.